The predicted molar refractivity (Wildman–Crippen MR) is 114 cm³/mol. The van der Waals surface area contributed by atoms with Gasteiger partial charge in [0.1, 0.15) is 11.5 Å². The molecule has 0 aliphatic carbocycles. The van der Waals surface area contributed by atoms with E-state index in [-0.39, 0.29) is 10.3 Å². The molecule has 1 aliphatic rings. The zero-order valence-electron chi connectivity index (χ0n) is 14.9. The average molecular weight is 432 g/mol. The maximum Gasteiger partial charge on any atom is 0.244 e. The predicted octanol–water partition coefficient (Wildman–Crippen LogP) is 5.57. The number of para-hydroxylation sites is 1. The van der Waals surface area contributed by atoms with Crippen molar-refractivity contribution in [1.82, 2.24) is 4.31 Å². The van der Waals surface area contributed by atoms with Gasteiger partial charge >= 0.3 is 0 Å². The van der Waals surface area contributed by atoms with Crippen molar-refractivity contribution in [3.05, 3.63) is 89.4 Å². The maximum absolute atomic E-state index is 13.2. The van der Waals surface area contributed by atoms with E-state index in [9.17, 15) is 8.42 Å². The van der Waals surface area contributed by atoms with E-state index >= 15 is 0 Å². The highest BCUT2D eigenvalue weighted by atomic mass is 35.5. The van der Waals surface area contributed by atoms with Crippen LogP contribution in [0.2, 0.25) is 5.02 Å². The minimum Gasteiger partial charge on any atom is -0.457 e. The fraction of sp³-hybridized carbons (Fsp3) is 0.143. The maximum atomic E-state index is 13.2. The van der Waals surface area contributed by atoms with Crippen molar-refractivity contribution in [1.29, 1.82) is 0 Å². The summed E-state index contributed by atoms with van der Waals surface area (Å²) in [5.74, 6) is 2.05. The molecule has 1 heterocycles. The summed E-state index contributed by atoms with van der Waals surface area (Å²) in [5, 5.41) is 0.387. The van der Waals surface area contributed by atoms with Crippen LogP contribution in [0.3, 0.4) is 0 Å². The van der Waals surface area contributed by atoms with Gasteiger partial charge in [-0.05, 0) is 54.1 Å². The van der Waals surface area contributed by atoms with Crippen molar-refractivity contribution in [2.45, 2.75) is 10.3 Å². The first kappa shape index (κ1) is 19.3. The number of hydrogen-bond acceptors (Lipinski definition) is 4. The minimum atomic E-state index is -3.61. The van der Waals surface area contributed by atoms with Gasteiger partial charge in [-0.1, -0.05) is 41.9 Å². The number of ether oxygens (including phenoxy) is 1. The lowest BCUT2D eigenvalue weighted by Crippen LogP contribution is -2.30. The molecule has 7 heteroatoms. The highest BCUT2D eigenvalue weighted by Gasteiger charge is 2.36. The summed E-state index contributed by atoms with van der Waals surface area (Å²) in [6, 6.07) is 23.3. The van der Waals surface area contributed by atoms with Crippen LogP contribution in [0.4, 0.5) is 0 Å². The van der Waals surface area contributed by atoms with Gasteiger partial charge < -0.3 is 4.74 Å². The second-order valence-corrected chi connectivity index (χ2v) is 9.79. The highest BCUT2D eigenvalue weighted by molar-refractivity contribution is 8.01. The first-order chi connectivity index (χ1) is 13.5. The van der Waals surface area contributed by atoms with E-state index in [1.54, 1.807) is 52.5 Å². The van der Waals surface area contributed by atoms with Crippen molar-refractivity contribution in [3.8, 4) is 11.5 Å². The fourth-order valence-electron chi connectivity index (χ4n) is 3.03. The van der Waals surface area contributed by atoms with Crippen LogP contribution in [-0.4, -0.2) is 25.0 Å². The number of thioether (sulfide) groups is 1. The van der Waals surface area contributed by atoms with Crippen molar-refractivity contribution >= 4 is 33.4 Å². The Balaban J connectivity index is 1.56. The molecule has 144 valence electrons. The number of hydrogen-bond donors (Lipinski definition) is 0. The summed E-state index contributed by atoms with van der Waals surface area (Å²) in [4.78, 5) is 0.259. The van der Waals surface area contributed by atoms with Crippen LogP contribution in [0.25, 0.3) is 0 Å². The smallest absolute Gasteiger partial charge is 0.244 e. The van der Waals surface area contributed by atoms with E-state index in [1.165, 1.54) is 0 Å². The van der Waals surface area contributed by atoms with E-state index in [2.05, 4.69) is 0 Å². The van der Waals surface area contributed by atoms with Gasteiger partial charge in [-0.3, -0.25) is 0 Å². The highest BCUT2D eigenvalue weighted by Crippen LogP contribution is 2.41. The summed E-state index contributed by atoms with van der Waals surface area (Å²) < 4.78 is 33.7. The van der Waals surface area contributed by atoms with Crippen LogP contribution in [0.5, 0.6) is 11.5 Å². The second kappa shape index (κ2) is 8.17. The molecule has 1 saturated heterocycles. The van der Waals surface area contributed by atoms with Gasteiger partial charge in [-0.15, -0.1) is 11.8 Å². The summed E-state index contributed by atoms with van der Waals surface area (Å²) in [5.41, 5.74) is 0.930. The van der Waals surface area contributed by atoms with E-state index in [4.69, 9.17) is 16.3 Å². The number of benzene rings is 3. The molecule has 0 spiro atoms. The topological polar surface area (TPSA) is 46.6 Å². The quantitative estimate of drug-likeness (QED) is 0.530. The third-order valence-electron chi connectivity index (χ3n) is 4.41. The minimum absolute atomic E-state index is 0.248. The Morgan fingerprint density at radius 2 is 1.54 bits per heavy atom. The Labute approximate surface area is 174 Å². The van der Waals surface area contributed by atoms with Crippen LogP contribution in [0, 0.1) is 0 Å². The molecular formula is C21H18ClNO3S2. The van der Waals surface area contributed by atoms with Crippen LogP contribution in [0.15, 0.2) is 83.8 Å². The zero-order valence-corrected chi connectivity index (χ0v) is 17.3. The van der Waals surface area contributed by atoms with E-state index in [1.807, 2.05) is 42.5 Å². The molecule has 1 aliphatic heterocycles. The molecule has 0 saturated carbocycles. The number of halogens is 1. The van der Waals surface area contributed by atoms with Gasteiger partial charge in [-0.25, -0.2) is 8.42 Å². The van der Waals surface area contributed by atoms with Crippen molar-refractivity contribution < 1.29 is 13.2 Å². The third-order valence-corrected chi connectivity index (χ3v) is 7.94. The van der Waals surface area contributed by atoms with E-state index in [0.717, 1.165) is 11.3 Å². The standard InChI is InChI=1S/C21H18ClNO3S2/c22-17-8-6-16(7-9-17)21-23(14-15-27-21)28(24,25)20-12-10-19(11-13-20)26-18-4-2-1-3-5-18/h1-13,21H,14-15H2. The van der Waals surface area contributed by atoms with E-state index < -0.39 is 10.0 Å². The fourth-order valence-corrected chi connectivity index (χ4v) is 6.40. The van der Waals surface area contributed by atoms with Gasteiger partial charge in [0.15, 0.2) is 0 Å². The van der Waals surface area contributed by atoms with Gasteiger partial charge in [0.25, 0.3) is 0 Å². The van der Waals surface area contributed by atoms with Crippen molar-refractivity contribution in [2.24, 2.45) is 0 Å². The molecule has 3 aromatic carbocycles. The van der Waals surface area contributed by atoms with Gasteiger partial charge in [0.2, 0.25) is 10.0 Å². The SMILES string of the molecule is O=S(=O)(c1ccc(Oc2ccccc2)cc1)N1CCSC1c1ccc(Cl)cc1. The molecule has 4 rings (SSSR count). The zero-order chi connectivity index (χ0) is 19.6. The van der Waals surface area contributed by atoms with Crippen LogP contribution < -0.4 is 4.74 Å². The molecule has 0 amide bonds. The normalized spacial score (nSPS) is 17.5. The molecule has 4 nitrogen and oxygen atoms in total. The largest absolute Gasteiger partial charge is 0.457 e. The van der Waals surface area contributed by atoms with E-state index in [0.29, 0.717) is 23.1 Å². The number of rotatable bonds is 5. The number of nitrogens with zero attached hydrogens (tertiary/aromatic N) is 1. The Kier molecular flexibility index (Phi) is 5.64. The monoisotopic (exact) mass is 431 g/mol. The molecule has 3 aromatic rings. The molecule has 0 N–H and O–H groups in total. The Morgan fingerprint density at radius 1 is 0.893 bits per heavy atom. The van der Waals surface area contributed by atoms with Crippen LogP contribution in [0.1, 0.15) is 10.9 Å². The van der Waals surface area contributed by atoms with Crippen molar-refractivity contribution in [3.63, 3.8) is 0 Å². The Bertz CT molecular complexity index is 1040. The van der Waals surface area contributed by atoms with Gasteiger partial charge in [-0.2, -0.15) is 4.31 Å². The average Bonchev–Trinajstić information content (AvgIpc) is 3.21. The summed E-state index contributed by atoms with van der Waals surface area (Å²) in [6.45, 7) is 0.475. The first-order valence-corrected chi connectivity index (χ1v) is 11.6. The molecule has 0 aromatic heterocycles. The Morgan fingerprint density at radius 3 is 2.21 bits per heavy atom. The summed E-state index contributed by atoms with van der Waals surface area (Å²) in [7, 11) is -3.61. The summed E-state index contributed by atoms with van der Waals surface area (Å²) in [6.07, 6.45) is 0. The first-order valence-electron chi connectivity index (χ1n) is 8.76. The molecule has 1 fully saturated rings. The van der Waals surface area contributed by atoms with Crippen LogP contribution >= 0.6 is 23.4 Å². The molecule has 1 unspecified atom stereocenters. The molecule has 1 atom stereocenters. The summed E-state index contributed by atoms with van der Waals surface area (Å²) >= 11 is 7.58. The molecular weight excluding hydrogens is 414 g/mol. The van der Waals surface area contributed by atoms with Crippen LogP contribution in [-0.2, 0) is 10.0 Å². The Hall–Kier alpha value is -1.99. The lowest BCUT2D eigenvalue weighted by atomic mass is 10.2. The molecule has 28 heavy (non-hydrogen) atoms. The molecule has 0 radical (unpaired) electrons. The van der Waals surface area contributed by atoms with Gasteiger partial charge in [0.05, 0.1) is 10.3 Å². The molecule has 0 bridgehead atoms. The van der Waals surface area contributed by atoms with Crippen molar-refractivity contribution in [2.75, 3.05) is 12.3 Å². The van der Waals surface area contributed by atoms with Gasteiger partial charge in [0, 0.05) is 17.3 Å². The number of sulfonamides is 1. The second-order valence-electron chi connectivity index (χ2n) is 6.28. The lowest BCUT2D eigenvalue weighted by molar-refractivity contribution is 0.434. The lowest BCUT2D eigenvalue weighted by Gasteiger charge is -2.23. The third kappa shape index (κ3) is 4.05.